The van der Waals surface area contributed by atoms with Crippen LogP contribution >= 0.6 is 27.7 Å². The predicted molar refractivity (Wildman–Crippen MR) is 102 cm³/mol. The summed E-state index contributed by atoms with van der Waals surface area (Å²) in [5.74, 6) is 0.966. The Balaban J connectivity index is 1.79. The molecule has 0 aliphatic heterocycles. The minimum absolute atomic E-state index is 0.0448. The summed E-state index contributed by atoms with van der Waals surface area (Å²) >= 11 is 5.07. The number of ketones is 1. The standard InChI is InChI=1S/C20H15BrO2S/c21-18-13-7-12-17(19(22)15-8-3-1-4-9-15)20(18)23-14-24-16-10-5-2-6-11-16/h1-13H,14H2. The van der Waals surface area contributed by atoms with E-state index in [4.69, 9.17) is 4.74 Å². The van der Waals surface area contributed by atoms with Crippen molar-refractivity contribution in [2.24, 2.45) is 0 Å². The molecule has 3 rings (SSSR count). The lowest BCUT2D eigenvalue weighted by atomic mass is 10.0. The van der Waals surface area contributed by atoms with Crippen LogP contribution in [0.5, 0.6) is 5.75 Å². The largest absolute Gasteiger partial charge is 0.481 e. The van der Waals surface area contributed by atoms with Crippen LogP contribution < -0.4 is 4.74 Å². The predicted octanol–water partition coefficient (Wildman–Crippen LogP) is 5.81. The number of hydrogen-bond acceptors (Lipinski definition) is 3. The van der Waals surface area contributed by atoms with Gasteiger partial charge >= 0.3 is 0 Å². The average Bonchev–Trinajstić information content (AvgIpc) is 2.64. The number of thioether (sulfide) groups is 1. The van der Waals surface area contributed by atoms with Gasteiger partial charge in [-0.1, -0.05) is 66.4 Å². The maximum atomic E-state index is 12.7. The van der Waals surface area contributed by atoms with Crippen LogP contribution in [-0.2, 0) is 0 Å². The summed E-state index contributed by atoms with van der Waals surface area (Å²) in [6.07, 6.45) is 0. The molecular weight excluding hydrogens is 384 g/mol. The molecule has 0 amide bonds. The summed E-state index contributed by atoms with van der Waals surface area (Å²) in [5, 5.41) is 0. The second kappa shape index (κ2) is 8.18. The van der Waals surface area contributed by atoms with Crippen molar-refractivity contribution in [3.63, 3.8) is 0 Å². The topological polar surface area (TPSA) is 26.3 Å². The number of hydrogen-bond donors (Lipinski definition) is 0. The van der Waals surface area contributed by atoms with Crippen LogP contribution in [0, 0.1) is 0 Å². The first-order valence-corrected chi connectivity index (χ1v) is 9.22. The Morgan fingerprint density at radius 2 is 1.54 bits per heavy atom. The molecule has 3 aromatic carbocycles. The molecule has 4 heteroatoms. The van der Waals surface area contributed by atoms with Crippen LogP contribution in [-0.4, -0.2) is 11.7 Å². The normalized spacial score (nSPS) is 10.4. The van der Waals surface area contributed by atoms with Crippen LogP contribution in [0.2, 0.25) is 0 Å². The molecule has 24 heavy (non-hydrogen) atoms. The lowest BCUT2D eigenvalue weighted by Crippen LogP contribution is -2.06. The molecule has 0 fully saturated rings. The summed E-state index contributed by atoms with van der Waals surface area (Å²) in [5.41, 5.74) is 1.21. The Kier molecular flexibility index (Phi) is 5.72. The van der Waals surface area contributed by atoms with Gasteiger partial charge in [-0.05, 0) is 40.2 Å². The number of benzene rings is 3. The number of para-hydroxylation sites is 1. The molecule has 0 aliphatic rings. The summed E-state index contributed by atoms with van der Waals surface area (Å²) in [4.78, 5) is 13.9. The van der Waals surface area contributed by atoms with Gasteiger partial charge in [0.15, 0.2) is 5.78 Å². The molecule has 0 aliphatic carbocycles. The van der Waals surface area contributed by atoms with Crippen molar-refractivity contribution in [1.82, 2.24) is 0 Å². The van der Waals surface area contributed by atoms with E-state index in [9.17, 15) is 4.79 Å². The molecule has 0 bridgehead atoms. The second-order valence-corrected chi connectivity index (χ2v) is 6.88. The summed E-state index contributed by atoms with van der Waals surface area (Å²) < 4.78 is 6.69. The highest BCUT2D eigenvalue weighted by Gasteiger charge is 2.17. The Hall–Kier alpha value is -2.04. The molecule has 0 atom stereocenters. The molecule has 0 radical (unpaired) electrons. The van der Waals surface area contributed by atoms with E-state index in [0.717, 1.165) is 9.37 Å². The fourth-order valence-electron chi connectivity index (χ4n) is 2.25. The third kappa shape index (κ3) is 4.08. The lowest BCUT2D eigenvalue weighted by Gasteiger charge is -2.12. The van der Waals surface area contributed by atoms with Crippen molar-refractivity contribution in [3.8, 4) is 5.75 Å². The summed E-state index contributed by atoms with van der Waals surface area (Å²) in [7, 11) is 0. The average molecular weight is 399 g/mol. The van der Waals surface area contributed by atoms with E-state index in [1.54, 1.807) is 17.8 Å². The van der Waals surface area contributed by atoms with E-state index in [2.05, 4.69) is 15.9 Å². The van der Waals surface area contributed by atoms with Crippen molar-refractivity contribution in [2.75, 3.05) is 5.94 Å². The molecule has 0 saturated heterocycles. The van der Waals surface area contributed by atoms with Crippen molar-refractivity contribution < 1.29 is 9.53 Å². The fraction of sp³-hybridized carbons (Fsp3) is 0.0500. The van der Waals surface area contributed by atoms with E-state index in [1.165, 1.54) is 0 Å². The number of rotatable bonds is 6. The quantitative estimate of drug-likeness (QED) is 0.297. The molecule has 0 unspecified atom stereocenters. The van der Waals surface area contributed by atoms with Gasteiger partial charge in [0.1, 0.15) is 11.7 Å². The first-order valence-electron chi connectivity index (χ1n) is 7.44. The number of ether oxygens (including phenoxy) is 1. The number of carbonyl (C=O) groups is 1. The Morgan fingerprint density at radius 3 is 2.25 bits per heavy atom. The second-order valence-electron chi connectivity index (χ2n) is 5.03. The lowest BCUT2D eigenvalue weighted by molar-refractivity contribution is 0.103. The fourth-order valence-corrected chi connectivity index (χ4v) is 3.40. The number of carbonyl (C=O) groups excluding carboxylic acids is 1. The van der Waals surface area contributed by atoms with Crippen LogP contribution in [0.1, 0.15) is 15.9 Å². The van der Waals surface area contributed by atoms with Crippen LogP contribution in [0.25, 0.3) is 0 Å². The van der Waals surface area contributed by atoms with Crippen LogP contribution in [0.4, 0.5) is 0 Å². The van der Waals surface area contributed by atoms with Crippen molar-refractivity contribution in [1.29, 1.82) is 0 Å². The monoisotopic (exact) mass is 398 g/mol. The summed E-state index contributed by atoms with van der Waals surface area (Å²) in [6.45, 7) is 0. The van der Waals surface area contributed by atoms with Gasteiger partial charge in [0.05, 0.1) is 10.0 Å². The van der Waals surface area contributed by atoms with E-state index in [0.29, 0.717) is 22.8 Å². The Labute approximate surface area is 154 Å². The molecule has 3 aromatic rings. The smallest absolute Gasteiger partial charge is 0.196 e. The van der Waals surface area contributed by atoms with Gasteiger partial charge in [0, 0.05) is 10.5 Å². The highest BCUT2D eigenvalue weighted by atomic mass is 79.9. The molecule has 0 saturated carbocycles. The zero-order valence-electron chi connectivity index (χ0n) is 12.8. The van der Waals surface area contributed by atoms with E-state index >= 15 is 0 Å². The first-order chi connectivity index (χ1) is 11.8. The molecule has 0 aromatic heterocycles. The number of halogens is 1. The van der Waals surface area contributed by atoms with Crippen molar-refractivity contribution >= 4 is 33.5 Å². The van der Waals surface area contributed by atoms with Crippen molar-refractivity contribution in [2.45, 2.75) is 4.90 Å². The highest BCUT2D eigenvalue weighted by Crippen LogP contribution is 2.32. The van der Waals surface area contributed by atoms with E-state index < -0.39 is 0 Å². The van der Waals surface area contributed by atoms with Crippen LogP contribution in [0.15, 0.2) is 88.2 Å². The van der Waals surface area contributed by atoms with Gasteiger partial charge in [0.25, 0.3) is 0 Å². The van der Waals surface area contributed by atoms with Gasteiger partial charge in [-0.2, -0.15) is 0 Å². The molecule has 0 heterocycles. The SMILES string of the molecule is O=C(c1ccccc1)c1cccc(Br)c1OCSc1ccccc1. The molecular formula is C20H15BrO2S. The Bertz CT molecular complexity index is 820. The third-order valence-corrected chi connectivity index (χ3v) is 4.89. The zero-order chi connectivity index (χ0) is 16.8. The minimum Gasteiger partial charge on any atom is -0.481 e. The summed E-state index contributed by atoms with van der Waals surface area (Å²) in [6, 6.07) is 24.8. The Morgan fingerprint density at radius 1 is 0.875 bits per heavy atom. The van der Waals surface area contributed by atoms with Gasteiger partial charge < -0.3 is 4.74 Å². The third-order valence-electron chi connectivity index (χ3n) is 3.42. The maximum absolute atomic E-state index is 12.7. The van der Waals surface area contributed by atoms with Crippen molar-refractivity contribution in [3.05, 3.63) is 94.5 Å². The van der Waals surface area contributed by atoms with E-state index in [-0.39, 0.29) is 5.78 Å². The van der Waals surface area contributed by atoms with E-state index in [1.807, 2.05) is 72.8 Å². The molecule has 0 spiro atoms. The maximum Gasteiger partial charge on any atom is 0.196 e. The van der Waals surface area contributed by atoms with Gasteiger partial charge in [-0.3, -0.25) is 4.79 Å². The highest BCUT2D eigenvalue weighted by molar-refractivity contribution is 9.10. The van der Waals surface area contributed by atoms with Gasteiger partial charge in [-0.25, -0.2) is 0 Å². The first kappa shape index (κ1) is 16.8. The zero-order valence-corrected chi connectivity index (χ0v) is 15.2. The van der Waals surface area contributed by atoms with Gasteiger partial charge in [0.2, 0.25) is 0 Å². The molecule has 120 valence electrons. The molecule has 0 N–H and O–H groups in total. The van der Waals surface area contributed by atoms with Gasteiger partial charge in [-0.15, -0.1) is 0 Å². The molecule has 2 nitrogen and oxygen atoms in total. The minimum atomic E-state index is -0.0448. The van der Waals surface area contributed by atoms with Crippen LogP contribution in [0.3, 0.4) is 0 Å².